The van der Waals surface area contributed by atoms with Gasteiger partial charge < -0.3 is 0 Å². The Hall–Kier alpha value is -1.59. The Balaban J connectivity index is 2.32. The second-order valence-corrected chi connectivity index (χ2v) is 5.42. The third-order valence-corrected chi connectivity index (χ3v) is 3.65. The number of rotatable bonds is 3. The fraction of sp³-hybridized carbons (Fsp3) is 0. The van der Waals surface area contributed by atoms with Crippen molar-refractivity contribution in [3.05, 3.63) is 53.8 Å². The Bertz CT molecular complexity index is 614. The van der Waals surface area contributed by atoms with Gasteiger partial charge in [-0.25, -0.2) is 8.42 Å². The molecule has 2 aromatic rings. The average molecular weight is 269 g/mol. The van der Waals surface area contributed by atoms with Gasteiger partial charge in [-0.2, -0.15) is 0 Å². The second-order valence-electron chi connectivity index (χ2n) is 3.30. The number of halogens is 1. The van der Waals surface area contributed by atoms with Crippen molar-refractivity contribution in [2.75, 3.05) is 4.72 Å². The number of pyridine rings is 1. The molecule has 0 atom stereocenters. The number of benzene rings is 1. The molecule has 0 saturated carbocycles. The van der Waals surface area contributed by atoms with E-state index < -0.39 is 10.0 Å². The SMILES string of the molecule is O=S(=O)(Nc1ccncc1)c1cccc(Cl)c1. The lowest BCUT2D eigenvalue weighted by atomic mass is 10.4. The predicted molar refractivity (Wildman–Crippen MR) is 66.5 cm³/mol. The topological polar surface area (TPSA) is 59.1 Å². The molecule has 0 spiro atoms. The summed E-state index contributed by atoms with van der Waals surface area (Å²) in [6, 6.07) is 9.22. The standard InChI is InChI=1S/C11H9ClN2O2S/c12-9-2-1-3-11(8-9)17(15,16)14-10-4-6-13-7-5-10/h1-8H,(H,13,14). The first kappa shape index (κ1) is 11.9. The molecule has 0 aliphatic heterocycles. The van der Waals surface area contributed by atoms with Crippen LogP contribution in [0.2, 0.25) is 5.02 Å². The van der Waals surface area contributed by atoms with Crippen LogP contribution in [0.25, 0.3) is 0 Å². The monoisotopic (exact) mass is 268 g/mol. The van der Waals surface area contributed by atoms with E-state index in [1.54, 1.807) is 24.3 Å². The Labute approximate surface area is 104 Å². The van der Waals surface area contributed by atoms with E-state index in [1.165, 1.54) is 24.5 Å². The van der Waals surface area contributed by atoms with Gasteiger partial charge in [0.1, 0.15) is 0 Å². The summed E-state index contributed by atoms with van der Waals surface area (Å²) >= 11 is 5.75. The zero-order chi connectivity index (χ0) is 12.3. The van der Waals surface area contributed by atoms with E-state index in [1.807, 2.05) is 0 Å². The number of aromatic nitrogens is 1. The molecule has 0 unspecified atom stereocenters. The summed E-state index contributed by atoms with van der Waals surface area (Å²) in [5, 5.41) is 0.377. The molecule has 1 heterocycles. The molecule has 17 heavy (non-hydrogen) atoms. The van der Waals surface area contributed by atoms with Gasteiger partial charge >= 0.3 is 0 Å². The molecule has 0 bridgehead atoms. The van der Waals surface area contributed by atoms with Crippen molar-refractivity contribution in [1.29, 1.82) is 0 Å². The normalized spacial score (nSPS) is 11.1. The van der Waals surface area contributed by atoms with E-state index >= 15 is 0 Å². The van der Waals surface area contributed by atoms with Crippen LogP contribution < -0.4 is 4.72 Å². The molecular formula is C11H9ClN2O2S. The number of hydrogen-bond acceptors (Lipinski definition) is 3. The first-order valence-electron chi connectivity index (χ1n) is 4.76. The van der Waals surface area contributed by atoms with Gasteiger partial charge in [-0.1, -0.05) is 17.7 Å². The lowest BCUT2D eigenvalue weighted by molar-refractivity contribution is 0.601. The number of nitrogens with one attached hydrogen (secondary N) is 1. The van der Waals surface area contributed by atoms with Gasteiger partial charge in [0, 0.05) is 17.4 Å². The number of nitrogens with zero attached hydrogens (tertiary/aromatic N) is 1. The molecule has 1 aromatic heterocycles. The highest BCUT2D eigenvalue weighted by Crippen LogP contribution is 2.18. The lowest BCUT2D eigenvalue weighted by Gasteiger charge is -2.07. The maximum Gasteiger partial charge on any atom is 0.261 e. The van der Waals surface area contributed by atoms with Gasteiger partial charge in [-0.05, 0) is 30.3 Å². The molecular weight excluding hydrogens is 260 g/mol. The molecule has 1 N–H and O–H groups in total. The molecule has 6 heteroatoms. The van der Waals surface area contributed by atoms with Crippen molar-refractivity contribution >= 4 is 27.3 Å². The summed E-state index contributed by atoms with van der Waals surface area (Å²) in [5.41, 5.74) is 0.458. The van der Waals surface area contributed by atoms with Crippen LogP contribution in [0, 0.1) is 0 Å². The molecule has 4 nitrogen and oxygen atoms in total. The zero-order valence-electron chi connectivity index (χ0n) is 8.67. The largest absolute Gasteiger partial charge is 0.280 e. The van der Waals surface area contributed by atoms with Gasteiger partial charge in [0.2, 0.25) is 0 Å². The third-order valence-electron chi connectivity index (χ3n) is 2.04. The highest BCUT2D eigenvalue weighted by molar-refractivity contribution is 7.92. The fourth-order valence-corrected chi connectivity index (χ4v) is 2.63. The minimum atomic E-state index is -3.60. The van der Waals surface area contributed by atoms with Gasteiger partial charge in [0.25, 0.3) is 10.0 Å². The minimum absolute atomic E-state index is 0.127. The summed E-state index contributed by atoms with van der Waals surface area (Å²) < 4.78 is 26.4. The number of hydrogen-bond donors (Lipinski definition) is 1. The first-order chi connectivity index (χ1) is 8.08. The molecule has 88 valence electrons. The Kier molecular flexibility index (Phi) is 3.31. The Morgan fingerprint density at radius 2 is 1.82 bits per heavy atom. The van der Waals surface area contributed by atoms with Crippen LogP contribution in [0.3, 0.4) is 0 Å². The van der Waals surface area contributed by atoms with Gasteiger partial charge in [-0.3, -0.25) is 9.71 Å². The van der Waals surface area contributed by atoms with Crippen LogP contribution in [-0.4, -0.2) is 13.4 Å². The summed E-state index contributed by atoms with van der Waals surface area (Å²) in [7, 11) is -3.60. The summed E-state index contributed by atoms with van der Waals surface area (Å²) in [6.07, 6.45) is 3.02. The summed E-state index contributed by atoms with van der Waals surface area (Å²) in [5.74, 6) is 0. The predicted octanol–water partition coefficient (Wildman–Crippen LogP) is 2.54. The van der Waals surface area contributed by atoms with Crippen molar-refractivity contribution in [3.63, 3.8) is 0 Å². The first-order valence-corrected chi connectivity index (χ1v) is 6.62. The quantitative estimate of drug-likeness (QED) is 0.931. The van der Waals surface area contributed by atoms with E-state index in [0.717, 1.165) is 0 Å². The minimum Gasteiger partial charge on any atom is -0.280 e. The zero-order valence-corrected chi connectivity index (χ0v) is 10.2. The molecule has 0 aliphatic rings. The molecule has 2 rings (SSSR count). The van der Waals surface area contributed by atoms with Crippen LogP contribution in [0.1, 0.15) is 0 Å². The van der Waals surface area contributed by atoms with Gasteiger partial charge in [0.05, 0.1) is 10.6 Å². The van der Waals surface area contributed by atoms with E-state index in [0.29, 0.717) is 10.7 Å². The molecule has 0 saturated heterocycles. The molecule has 0 aliphatic carbocycles. The van der Waals surface area contributed by atoms with Crippen molar-refractivity contribution in [2.24, 2.45) is 0 Å². The lowest BCUT2D eigenvalue weighted by Crippen LogP contribution is -2.12. The Morgan fingerprint density at radius 1 is 1.12 bits per heavy atom. The van der Waals surface area contributed by atoms with E-state index in [4.69, 9.17) is 11.6 Å². The second kappa shape index (κ2) is 4.73. The highest BCUT2D eigenvalue weighted by Gasteiger charge is 2.13. The summed E-state index contributed by atoms with van der Waals surface area (Å²) in [4.78, 5) is 3.93. The average Bonchev–Trinajstić information content (AvgIpc) is 2.30. The van der Waals surface area contributed by atoms with Gasteiger partial charge in [0.15, 0.2) is 0 Å². The van der Waals surface area contributed by atoms with Crippen LogP contribution in [-0.2, 0) is 10.0 Å². The fourth-order valence-electron chi connectivity index (χ4n) is 1.27. The van der Waals surface area contributed by atoms with E-state index in [9.17, 15) is 8.42 Å². The third kappa shape index (κ3) is 2.95. The van der Waals surface area contributed by atoms with E-state index in [-0.39, 0.29) is 4.90 Å². The van der Waals surface area contributed by atoms with Crippen molar-refractivity contribution in [1.82, 2.24) is 4.98 Å². The molecule has 0 amide bonds. The maximum absolute atomic E-state index is 12.0. The summed E-state index contributed by atoms with van der Waals surface area (Å²) in [6.45, 7) is 0. The van der Waals surface area contributed by atoms with Crippen LogP contribution in [0.15, 0.2) is 53.7 Å². The number of sulfonamides is 1. The van der Waals surface area contributed by atoms with Crippen LogP contribution >= 0.6 is 11.6 Å². The maximum atomic E-state index is 12.0. The van der Waals surface area contributed by atoms with Crippen LogP contribution in [0.5, 0.6) is 0 Å². The molecule has 0 radical (unpaired) electrons. The van der Waals surface area contributed by atoms with E-state index in [2.05, 4.69) is 9.71 Å². The van der Waals surface area contributed by atoms with Crippen molar-refractivity contribution in [2.45, 2.75) is 4.90 Å². The van der Waals surface area contributed by atoms with Crippen LogP contribution in [0.4, 0.5) is 5.69 Å². The van der Waals surface area contributed by atoms with Gasteiger partial charge in [-0.15, -0.1) is 0 Å². The molecule has 1 aromatic carbocycles. The van der Waals surface area contributed by atoms with Crippen molar-refractivity contribution < 1.29 is 8.42 Å². The Morgan fingerprint density at radius 3 is 2.47 bits per heavy atom. The smallest absolute Gasteiger partial charge is 0.261 e. The number of anilines is 1. The molecule has 0 fully saturated rings. The highest BCUT2D eigenvalue weighted by atomic mass is 35.5. The van der Waals surface area contributed by atoms with Crippen molar-refractivity contribution in [3.8, 4) is 0 Å².